The van der Waals surface area contributed by atoms with Crippen molar-refractivity contribution < 1.29 is 33.6 Å². The van der Waals surface area contributed by atoms with Gasteiger partial charge >= 0.3 is 12.3 Å². The second kappa shape index (κ2) is 10.0. The van der Waals surface area contributed by atoms with Crippen LogP contribution in [0.3, 0.4) is 0 Å². The van der Waals surface area contributed by atoms with Crippen molar-refractivity contribution in [2.24, 2.45) is 0 Å². The summed E-state index contributed by atoms with van der Waals surface area (Å²) in [4.78, 5) is 20.7. The van der Waals surface area contributed by atoms with Gasteiger partial charge in [0.15, 0.2) is 0 Å². The normalized spacial score (nSPS) is 9.56. The molecule has 0 aromatic carbocycles. The van der Waals surface area contributed by atoms with Gasteiger partial charge in [0.25, 0.3) is 0 Å². The molecule has 0 aliphatic rings. The van der Waals surface area contributed by atoms with Gasteiger partial charge in [0.05, 0.1) is 19.8 Å². The van der Waals surface area contributed by atoms with Crippen molar-refractivity contribution in [1.29, 1.82) is 0 Å². The zero-order valence-electron chi connectivity index (χ0n) is 9.14. The summed E-state index contributed by atoms with van der Waals surface area (Å²) in [6.45, 7) is 2.51. The minimum atomic E-state index is -1.34. The molecule has 0 aromatic rings. The Bertz CT molecular complexity index is 204. The molecule has 0 heterocycles. The van der Waals surface area contributed by atoms with Gasteiger partial charge in [-0.1, -0.05) is 6.92 Å². The number of carboxylic acid groups (broad SMARTS) is 1. The topological polar surface area (TPSA) is 91.3 Å². The lowest BCUT2D eigenvalue weighted by Gasteiger charge is -2.06. The number of hydrogen-bond acceptors (Lipinski definition) is 6. The van der Waals surface area contributed by atoms with Crippen molar-refractivity contribution in [2.75, 3.05) is 33.0 Å². The SMILES string of the molecule is CCCOC(=O)OCCOCCOC(=O)O. The second-order valence-electron chi connectivity index (χ2n) is 2.67. The van der Waals surface area contributed by atoms with Crippen LogP contribution in [-0.2, 0) is 18.9 Å². The first-order chi connectivity index (χ1) is 7.66. The summed E-state index contributed by atoms with van der Waals surface area (Å²) in [5.41, 5.74) is 0. The van der Waals surface area contributed by atoms with Crippen LogP contribution in [0.5, 0.6) is 0 Å². The molecule has 0 bridgehead atoms. The third kappa shape index (κ3) is 10.6. The average molecular weight is 236 g/mol. The monoisotopic (exact) mass is 236 g/mol. The highest BCUT2D eigenvalue weighted by atomic mass is 16.7. The van der Waals surface area contributed by atoms with E-state index in [1.54, 1.807) is 0 Å². The van der Waals surface area contributed by atoms with Crippen molar-refractivity contribution in [3.05, 3.63) is 0 Å². The zero-order chi connectivity index (χ0) is 12.2. The molecule has 0 spiro atoms. The summed E-state index contributed by atoms with van der Waals surface area (Å²) in [6, 6.07) is 0. The van der Waals surface area contributed by atoms with E-state index in [1.165, 1.54) is 0 Å². The predicted octanol–water partition coefficient (Wildman–Crippen LogP) is 1.26. The van der Waals surface area contributed by atoms with E-state index in [1.807, 2.05) is 6.92 Å². The summed E-state index contributed by atoms with van der Waals surface area (Å²) < 4.78 is 18.4. The standard InChI is InChI=1S/C9H16O7/c1-2-3-15-9(12)16-7-5-13-4-6-14-8(10)11/h2-7H2,1H3,(H,10,11). The molecule has 0 aliphatic carbocycles. The molecule has 0 aromatic heterocycles. The van der Waals surface area contributed by atoms with Crippen molar-refractivity contribution in [3.63, 3.8) is 0 Å². The molecule has 0 amide bonds. The van der Waals surface area contributed by atoms with Gasteiger partial charge in [0, 0.05) is 0 Å². The molecule has 0 fully saturated rings. The number of carbonyl (C=O) groups excluding carboxylic acids is 1. The van der Waals surface area contributed by atoms with E-state index in [-0.39, 0.29) is 26.4 Å². The van der Waals surface area contributed by atoms with Crippen molar-refractivity contribution in [2.45, 2.75) is 13.3 Å². The van der Waals surface area contributed by atoms with Crippen LogP contribution >= 0.6 is 0 Å². The summed E-state index contributed by atoms with van der Waals surface area (Å²) in [6.07, 6.45) is -1.34. The molecule has 7 heteroatoms. The third-order valence-corrected chi connectivity index (χ3v) is 1.32. The van der Waals surface area contributed by atoms with E-state index in [0.717, 1.165) is 6.42 Å². The lowest BCUT2D eigenvalue weighted by atomic mass is 10.5. The molecule has 0 radical (unpaired) electrons. The molecule has 0 saturated heterocycles. The predicted molar refractivity (Wildman–Crippen MR) is 52.4 cm³/mol. The Kier molecular flexibility index (Phi) is 9.09. The van der Waals surface area contributed by atoms with Gasteiger partial charge in [-0.05, 0) is 6.42 Å². The molecular weight excluding hydrogens is 220 g/mol. The summed E-state index contributed by atoms with van der Waals surface area (Å²) >= 11 is 0. The highest BCUT2D eigenvalue weighted by Crippen LogP contribution is 1.88. The molecule has 7 nitrogen and oxygen atoms in total. The minimum absolute atomic E-state index is 0.0460. The molecule has 0 saturated carbocycles. The van der Waals surface area contributed by atoms with Gasteiger partial charge in [-0.15, -0.1) is 0 Å². The highest BCUT2D eigenvalue weighted by molar-refractivity contribution is 5.59. The van der Waals surface area contributed by atoms with E-state index >= 15 is 0 Å². The lowest BCUT2D eigenvalue weighted by Crippen LogP contribution is -2.14. The fraction of sp³-hybridized carbons (Fsp3) is 0.778. The Balaban J connectivity index is 3.14. The Labute approximate surface area is 93.2 Å². The van der Waals surface area contributed by atoms with Crippen LogP contribution in [0.2, 0.25) is 0 Å². The first kappa shape index (κ1) is 14.5. The van der Waals surface area contributed by atoms with Crippen molar-refractivity contribution >= 4 is 12.3 Å². The van der Waals surface area contributed by atoms with Crippen molar-refractivity contribution in [1.82, 2.24) is 0 Å². The quantitative estimate of drug-likeness (QED) is 0.501. The van der Waals surface area contributed by atoms with E-state index in [0.29, 0.717) is 6.61 Å². The number of carbonyl (C=O) groups is 2. The van der Waals surface area contributed by atoms with Crippen LogP contribution in [0.4, 0.5) is 9.59 Å². The van der Waals surface area contributed by atoms with Crippen LogP contribution in [0.15, 0.2) is 0 Å². The van der Waals surface area contributed by atoms with Crippen LogP contribution < -0.4 is 0 Å². The summed E-state index contributed by atoms with van der Waals surface area (Å²) in [5.74, 6) is 0. The molecule has 16 heavy (non-hydrogen) atoms. The Hall–Kier alpha value is -1.50. The average Bonchev–Trinajstić information content (AvgIpc) is 2.24. The molecular formula is C9H16O7. The van der Waals surface area contributed by atoms with E-state index in [2.05, 4.69) is 14.2 Å². The van der Waals surface area contributed by atoms with Gasteiger partial charge in [-0.25, -0.2) is 9.59 Å². The number of hydrogen-bond donors (Lipinski definition) is 1. The largest absolute Gasteiger partial charge is 0.508 e. The highest BCUT2D eigenvalue weighted by Gasteiger charge is 2.02. The number of rotatable bonds is 8. The first-order valence-electron chi connectivity index (χ1n) is 4.89. The summed E-state index contributed by atoms with van der Waals surface area (Å²) in [5, 5.41) is 8.11. The molecule has 1 N–H and O–H groups in total. The van der Waals surface area contributed by atoms with Gasteiger partial charge in [0.1, 0.15) is 13.2 Å². The second-order valence-corrected chi connectivity index (χ2v) is 2.67. The number of ether oxygens (including phenoxy) is 4. The fourth-order valence-corrected chi connectivity index (χ4v) is 0.701. The Morgan fingerprint density at radius 1 is 0.938 bits per heavy atom. The Morgan fingerprint density at radius 3 is 2.06 bits per heavy atom. The molecule has 0 rings (SSSR count). The van der Waals surface area contributed by atoms with E-state index < -0.39 is 12.3 Å². The van der Waals surface area contributed by atoms with E-state index in [4.69, 9.17) is 9.84 Å². The van der Waals surface area contributed by atoms with E-state index in [9.17, 15) is 9.59 Å². The van der Waals surface area contributed by atoms with Crippen LogP contribution in [0, 0.1) is 0 Å². The molecule has 0 aliphatic heterocycles. The van der Waals surface area contributed by atoms with Gasteiger partial charge < -0.3 is 24.1 Å². The van der Waals surface area contributed by atoms with Gasteiger partial charge in [-0.3, -0.25) is 0 Å². The van der Waals surface area contributed by atoms with Gasteiger partial charge in [0.2, 0.25) is 0 Å². The van der Waals surface area contributed by atoms with Gasteiger partial charge in [-0.2, -0.15) is 0 Å². The maximum atomic E-state index is 10.8. The van der Waals surface area contributed by atoms with Crippen molar-refractivity contribution in [3.8, 4) is 0 Å². The zero-order valence-corrected chi connectivity index (χ0v) is 9.14. The lowest BCUT2D eigenvalue weighted by molar-refractivity contribution is 0.0128. The van der Waals surface area contributed by atoms with Crippen LogP contribution in [-0.4, -0.2) is 50.5 Å². The smallest absolute Gasteiger partial charge is 0.450 e. The first-order valence-corrected chi connectivity index (χ1v) is 4.89. The van der Waals surface area contributed by atoms with Crippen LogP contribution in [0.1, 0.15) is 13.3 Å². The van der Waals surface area contributed by atoms with Crippen LogP contribution in [0.25, 0.3) is 0 Å². The molecule has 0 unspecified atom stereocenters. The molecule has 0 atom stereocenters. The summed E-state index contributed by atoms with van der Waals surface area (Å²) in [7, 11) is 0. The third-order valence-electron chi connectivity index (χ3n) is 1.32. The fourth-order valence-electron chi connectivity index (χ4n) is 0.701. The molecule has 94 valence electrons. The maximum absolute atomic E-state index is 10.8. The Morgan fingerprint density at radius 2 is 1.50 bits per heavy atom. The maximum Gasteiger partial charge on any atom is 0.508 e. The minimum Gasteiger partial charge on any atom is -0.450 e.